The average molecular weight is 330 g/mol. The summed E-state index contributed by atoms with van der Waals surface area (Å²) in [5, 5.41) is 0. The van der Waals surface area contributed by atoms with Crippen molar-refractivity contribution in [2.45, 2.75) is 77.1 Å². The third-order valence-corrected chi connectivity index (χ3v) is 5.85. The first kappa shape index (κ1) is 17.9. The summed E-state index contributed by atoms with van der Waals surface area (Å²) in [4.78, 5) is 0. The van der Waals surface area contributed by atoms with E-state index < -0.39 is 29.6 Å². The fourth-order valence-electron chi connectivity index (χ4n) is 4.69. The molecule has 0 aromatic rings. The minimum Gasteiger partial charge on any atom is -0.170 e. The molecule has 2 aliphatic carbocycles. The van der Waals surface area contributed by atoms with Crippen LogP contribution in [0.15, 0.2) is 0 Å². The van der Waals surface area contributed by atoms with Crippen LogP contribution in [0.1, 0.15) is 64.7 Å². The van der Waals surface area contributed by atoms with Gasteiger partial charge in [-0.2, -0.15) is 26.3 Å². The first-order valence-corrected chi connectivity index (χ1v) is 8.24. The van der Waals surface area contributed by atoms with Crippen molar-refractivity contribution in [3.8, 4) is 0 Å². The van der Waals surface area contributed by atoms with Gasteiger partial charge in [-0.05, 0) is 43.4 Å². The maximum absolute atomic E-state index is 13.8. The molecule has 0 saturated heterocycles. The van der Waals surface area contributed by atoms with E-state index in [-0.39, 0.29) is 31.6 Å². The molecule has 0 aromatic heterocycles. The van der Waals surface area contributed by atoms with Crippen molar-refractivity contribution >= 4 is 0 Å². The lowest BCUT2D eigenvalue weighted by molar-refractivity contribution is -0.381. The standard InChI is InChI=1S/C16H24F6/c1-11-7-9-13(10-8-11)14(15(17,18)19,16(20,21)22)12-5-3-2-4-6-12/h11-13H,2-10H2,1H3. The van der Waals surface area contributed by atoms with E-state index >= 15 is 0 Å². The molecule has 0 aliphatic heterocycles. The summed E-state index contributed by atoms with van der Waals surface area (Å²) in [6.45, 7) is 1.90. The molecule has 6 heteroatoms. The predicted octanol–water partition coefficient (Wildman–Crippen LogP) is 6.50. The average Bonchev–Trinajstić information content (AvgIpc) is 2.39. The van der Waals surface area contributed by atoms with E-state index in [9.17, 15) is 26.3 Å². The molecule has 22 heavy (non-hydrogen) atoms. The van der Waals surface area contributed by atoms with Crippen LogP contribution >= 0.6 is 0 Å². The molecular weight excluding hydrogens is 306 g/mol. The Balaban J connectivity index is 2.45. The quantitative estimate of drug-likeness (QED) is 0.507. The van der Waals surface area contributed by atoms with Crippen LogP contribution in [-0.4, -0.2) is 12.4 Å². The van der Waals surface area contributed by atoms with Crippen LogP contribution in [0.3, 0.4) is 0 Å². The Morgan fingerprint density at radius 2 is 1.00 bits per heavy atom. The van der Waals surface area contributed by atoms with Crippen molar-refractivity contribution in [1.29, 1.82) is 0 Å². The highest BCUT2D eigenvalue weighted by Gasteiger charge is 2.76. The molecule has 0 N–H and O–H groups in total. The van der Waals surface area contributed by atoms with E-state index in [0.29, 0.717) is 25.7 Å². The van der Waals surface area contributed by atoms with Crippen LogP contribution in [-0.2, 0) is 0 Å². The van der Waals surface area contributed by atoms with Crippen molar-refractivity contribution in [2.24, 2.45) is 23.2 Å². The van der Waals surface area contributed by atoms with Crippen molar-refractivity contribution in [3.05, 3.63) is 0 Å². The summed E-state index contributed by atoms with van der Waals surface area (Å²) in [6, 6.07) is 0. The fourth-order valence-corrected chi connectivity index (χ4v) is 4.69. The van der Waals surface area contributed by atoms with Crippen molar-refractivity contribution in [1.82, 2.24) is 0 Å². The maximum Gasteiger partial charge on any atom is 0.403 e. The third kappa shape index (κ3) is 2.99. The summed E-state index contributed by atoms with van der Waals surface area (Å²) in [6.07, 6.45) is -7.66. The molecule has 2 fully saturated rings. The van der Waals surface area contributed by atoms with Crippen molar-refractivity contribution in [3.63, 3.8) is 0 Å². The summed E-state index contributed by atoms with van der Waals surface area (Å²) in [7, 11) is 0. The zero-order valence-electron chi connectivity index (χ0n) is 12.9. The Morgan fingerprint density at radius 1 is 0.591 bits per heavy atom. The lowest BCUT2D eigenvalue weighted by atomic mass is 9.57. The predicted molar refractivity (Wildman–Crippen MR) is 72.2 cm³/mol. The Bertz CT molecular complexity index is 342. The fraction of sp³-hybridized carbons (Fsp3) is 1.00. The molecule has 0 bridgehead atoms. The maximum atomic E-state index is 13.8. The second-order valence-corrected chi connectivity index (χ2v) is 7.16. The topological polar surface area (TPSA) is 0 Å². The Labute approximate surface area is 127 Å². The molecule has 130 valence electrons. The normalized spacial score (nSPS) is 29.6. The molecule has 0 radical (unpaired) electrons. The second kappa shape index (κ2) is 6.23. The zero-order valence-corrected chi connectivity index (χ0v) is 12.9. The van der Waals surface area contributed by atoms with E-state index in [1.165, 1.54) is 0 Å². The molecular formula is C16H24F6. The van der Waals surface area contributed by atoms with E-state index in [2.05, 4.69) is 0 Å². The number of rotatable bonds is 2. The second-order valence-electron chi connectivity index (χ2n) is 7.16. The van der Waals surface area contributed by atoms with Gasteiger partial charge in [0.15, 0.2) is 5.41 Å². The molecule has 0 heterocycles. The van der Waals surface area contributed by atoms with Crippen molar-refractivity contribution in [2.75, 3.05) is 0 Å². The smallest absolute Gasteiger partial charge is 0.170 e. The summed E-state index contributed by atoms with van der Waals surface area (Å²) >= 11 is 0. The van der Waals surface area contributed by atoms with Gasteiger partial charge in [0.2, 0.25) is 0 Å². The first-order chi connectivity index (χ1) is 10.1. The largest absolute Gasteiger partial charge is 0.403 e. The van der Waals surface area contributed by atoms with Gasteiger partial charge in [0, 0.05) is 0 Å². The molecule has 0 atom stereocenters. The third-order valence-electron chi connectivity index (χ3n) is 5.85. The van der Waals surface area contributed by atoms with Crippen LogP contribution in [0, 0.1) is 23.2 Å². The van der Waals surface area contributed by atoms with Crippen LogP contribution in [0.25, 0.3) is 0 Å². The van der Waals surface area contributed by atoms with Gasteiger partial charge in [0.1, 0.15) is 0 Å². The highest BCUT2D eigenvalue weighted by Crippen LogP contribution is 2.64. The van der Waals surface area contributed by atoms with Crippen LogP contribution < -0.4 is 0 Å². The minimum atomic E-state index is -5.22. The summed E-state index contributed by atoms with van der Waals surface area (Å²) < 4.78 is 82.9. The Morgan fingerprint density at radius 3 is 1.41 bits per heavy atom. The van der Waals surface area contributed by atoms with Crippen molar-refractivity contribution < 1.29 is 26.3 Å². The number of halogens is 6. The monoisotopic (exact) mass is 330 g/mol. The molecule has 0 amide bonds. The lowest BCUT2D eigenvalue weighted by Crippen LogP contribution is -2.60. The van der Waals surface area contributed by atoms with E-state index in [1.807, 2.05) is 6.92 Å². The van der Waals surface area contributed by atoms with E-state index in [0.717, 1.165) is 6.42 Å². The molecule has 0 nitrogen and oxygen atoms in total. The van der Waals surface area contributed by atoms with Gasteiger partial charge in [-0.1, -0.05) is 39.0 Å². The summed E-state index contributed by atoms with van der Waals surface area (Å²) in [5.41, 5.74) is -3.50. The van der Waals surface area contributed by atoms with E-state index in [1.54, 1.807) is 0 Å². The van der Waals surface area contributed by atoms with Gasteiger partial charge in [0.25, 0.3) is 0 Å². The highest BCUT2D eigenvalue weighted by molar-refractivity contribution is 5.04. The molecule has 2 aliphatic rings. The first-order valence-electron chi connectivity index (χ1n) is 8.24. The van der Waals surface area contributed by atoms with Gasteiger partial charge < -0.3 is 0 Å². The lowest BCUT2D eigenvalue weighted by Gasteiger charge is -2.50. The van der Waals surface area contributed by atoms with Gasteiger partial charge in [-0.15, -0.1) is 0 Å². The number of hydrogen-bond acceptors (Lipinski definition) is 0. The van der Waals surface area contributed by atoms with Crippen LogP contribution in [0.4, 0.5) is 26.3 Å². The van der Waals surface area contributed by atoms with Gasteiger partial charge in [0.05, 0.1) is 0 Å². The van der Waals surface area contributed by atoms with Gasteiger partial charge >= 0.3 is 12.4 Å². The van der Waals surface area contributed by atoms with Crippen LogP contribution in [0.2, 0.25) is 0 Å². The van der Waals surface area contributed by atoms with Gasteiger partial charge in [-0.25, -0.2) is 0 Å². The number of hydrogen-bond donors (Lipinski definition) is 0. The molecule has 0 spiro atoms. The van der Waals surface area contributed by atoms with Gasteiger partial charge in [-0.3, -0.25) is 0 Å². The van der Waals surface area contributed by atoms with Crippen LogP contribution in [0.5, 0.6) is 0 Å². The minimum absolute atomic E-state index is 0.0384. The molecule has 2 rings (SSSR count). The zero-order chi connectivity index (χ0) is 16.6. The molecule has 0 aromatic carbocycles. The SMILES string of the molecule is CC1CCC(C(C2CCCCC2)(C(F)(F)F)C(F)(F)F)CC1. The number of alkyl halides is 6. The molecule has 2 saturated carbocycles. The highest BCUT2D eigenvalue weighted by atomic mass is 19.4. The Kier molecular flexibility index (Phi) is 5.08. The Hall–Kier alpha value is -0.420. The molecule has 0 unspecified atom stereocenters. The van der Waals surface area contributed by atoms with E-state index in [4.69, 9.17) is 0 Å². The summed E-state index contributed by atoms with van der Waals surface area (Å²) in [5.74, 6) is -2.40.